The van der Waals surface area contributed by atoms with Crippen LogP contribution in [-0.2, 0) is 0 Å². The van der Waals surface area contributed by atoms with Gasteiger partial charge in [0.05, 0.1) is 49.5 Å². The Kier molecular flexibility index (Phi) is 5.18. The zero-order valence-electron chi connectivity index (χ0n) is 29.7. The average Bonchev–Trinajstić information content (AvgIpc) is 4.04. The summed E-state index contributed by atoms with van der Waals surface area (Å²) in [6, 6.07) is 58.6. The van der Waals surface area contributed by atoms with Crippen molar-refractivity contribution in [1.82, 2.24) is 23.5 Å². The second kappa shape index (κ2) is 10.1. The lowest BCUT2D eigenvalue weighted by atomic mass is 10.1. The molecule has 0 bridgehead atoms. The minimum atomic E-state index is 0.885. The molecule has 6 heteroatoms. The maximum absolute atomic E-state index is 6.72. The third-order valence-electron chi connectivity index (χ3n) is 12.1. The Morgan fingerprint density at radius 3 is 1.91 bits per heavy atom. The minimum absolute atomic E-state index is 0.885. The largest absolute Gasteiger partial charge is 0.455 e. The van der Waals surface area contributed by atoms with Crippen LogP contribution in [0.4, 0.5) is 0 Å². The van der Waals surface area contributed by atoms with E-state index in [1.165, 1.54) is 21.5 Å². The first-order valence-electron chi connectivity index (χ1n) is 19.0. The average molecular weight is 714 g/mol. The van der Waals surface area contributed by atoms with Gasteiger partial charge in [-0.1, -0.05) is 84.9 Å². The van der Waals surface area contributed by atoms with Crippen LogP contribution in [0.5, 0.6) is 0 Å². The van der Waals surface area contributed by atoms with Crippen LogP contribution in [-0.4, -0.2) is 23.5 Å². The van der Waals surface area contributed by atoms with Crippen LogP contribution in [0.2, 0.25) is 0 Å². The van der Waals surface area contributed by atoms with Crippen molar-refractivity contribution < 1.29 is 4.42 Å². The van der Waals surface area contributed by atoms with Crippen molar-refractivity contribution in [3.8, 4) is 11.4 Å². The Labute approximate surface area is 317 Å². The lowest BCUT2D eigenvalue weighted by Gasteiger charge is -2.11. The number of fused-ring (bicyclic) bond motifs is 17. The standard InChI is InChI=1S/C50H27N5O/c1-2-12-28(13-3-1)53-42-23-22-33-32-16-6-11-21-45(32)56-49(33)46(42)36-26-34-30-14-4-9-19-40(30)54(43(34)27-44(36)53)29-24-35-31-15-5-10-20-41(31)55-48(35)37(25-29)47-50(55)52-39-18-8-7-17-38(39)51-47/h1-27H. The van der Waals surface area contributed by atoms with Gasteiger partial charge in [-0.05, 0) is 78.9 Å². The first-order chi connectivity index (χ1) is 27.8. The molecule has 0 aliphatic rings. The van der Waals surface area contributed by atoms with Gasteiger partial charge in [0.1, 0.15) is 16.7 Å². The fraction of sp³-hybridized carbons (Fsp3) is 0. The van der Waals surface area contributed by atoms with E-state index in [1.807, 2.05) is 24.3 Å². The van der Waals surface area contributed by atoms with Gasteiger partial charge in [-0.3, -0.25) is 4.40 Å². The molecule has 0 aliphatic carbocycles. The summed E-state index contributed by atoms with van der Waals surface area (Å²) in [7, 11) is 0. The lowest BCUT2D eigenvalue weighted by Crippen LogP contribution is -1.96. The van der Waals surface area contributed by atoms with E-state index in [2.05, 4.69) is 153 Å². The molecule has 0 unspecified atom stereocenters. The summed E-state index contributed by atoms with van der Waals surface area (Å²) in [5.74, 6) is 0. The number of nitrogens with zero attached hydrogens (tertiary/aromatic N) is 5. The van der Waals surface area contributed by atoms with E-state index in [0.29, 0.717) is 0 Å². The van der Waals surface area contributed by atoms with Gasteiger partial charge in [0.25, 0.3) is 0 Å². The van der Waals surface area contributed by atoms with E-state index in [0.717, 1.165) is 105 Å². The molecule has 6 aromatic heterocycles. The molecule has 0 amide bonds. The Bertz CT molecular complexity index is 3990. The zero-order chi connectivity index (χ0) is 36.2. The minimum Gasteiger partial charge on any atom is -0.455 e. The second-order valence-electron chi connectivity index (χ2n) is 15.0. The smallest absolute Gasteiger partial charge is 0.165 e. The Morgan fingerprint density at radius 2 is 1.05 bits per heavy atom. The fourth-order valence-corrected chi connectivity index (χ4v) is 9.82. The molecule has 0 N–H and O–H groups in total. The van der Waals surface area contributed by atoms with Gasteiger partial charge in [0.15, 0.2) is 5.65 Å². The summed E-state index contributed by atoms with van der Waals surface area (Å²) in [6.07, 6.45) is 0. The van der Waals surface area contributed by atoms with Gasteiger partial charge in [-0.25, -0.2) is 9.97 Å². The third-order valence-corrected chi connectivity index (χ3v) is 12.1. The Morgan fingerprint density at radius 1 is 0.393 bits per heavy atom. The summed E-state index contributed by atoms with van der Waals surface area (Å²) in [5, 5.41) is 10.4. The number of hydrogen-bond donors (Lipinski definition) is 0. The van der Waals surface area contributed by atoms with Crippen LogP contribution in [0.3, 0.4) is 0 Å². The highest BCUT2D eigenvalue weighted by atomic mass is 16.3. The topological polar surface area (TPSA) is 53.2 Å². The van der Waals surface area contributed by atoms with Crippen LogP contribution in [0.1, 0.15) is 0 Å². The maximum Gasteiger partial charge on any atom is 0.165 e. The summed E-state index contributed by atoms with van der Waals surface area (Å²) in [6.45, 7) is 0. The van der Waals surface area contributed by atoms with Crippen molar-refractivity contribution >= 4 is 115 Å². The molecule has 6 heterocycles. The van der Waals surface area contributed by atoms with E-state index < -0.39 is 0 Å². The predicted octanol–water partition coefficient (Wildman–Crippen LogP) is 12.9. The van der Waals surface area contributed by atoms with Gasteiger partial charge in [-0.2, -0.15) is 0 Å². The molecule has 6 nitrogen and oxygen atoms in total. The molecule has 0 fully saturated rings. The van der Waals surface area contributed by atoms with Crippen molar-refractivity contribution in [2.75, 3.05) is 0 Å². The van der Waals surface area contributed by atoms with Gasteiger partial charge in [0.2, 0.25) is 0 Å². The Balaban J connectivity index is 1.16. The quantitative estimate of drug-likeness (QED) is 0.179. The predicted molar refractivity (Wildman–Crippen MR) is 230 cm³/mol. The number of aromatic nitrogens is 5. The van der Waals surface area contributed by atoms with Gasteiger partial charge < -0.3 is 13.6 Å². The second-order valence-corrected chi connectivity index (χ2v) is 15.0. The Hall–Kier alpha value is -7.70. The van der Waals surface area contributed by atoms with Crippen LogP contribution in [0.25, 0.3) is 126 Å². The molecule has 56 heavy (non-hydrogen) atoms. The normalized spacial score (nSPS) is 12.6. The van der Waals surface area contributed by atoms with Gasteiger partial charge in [-0.15, -0.1) is 0 Å². The monoisotopic (exact) mass is 713 g/mol. The highest BCUT2D eigenvalue weighted by Gasteiger charge is 2.25. The molecule has 14 aromatic rings. The number of hydrogen-bond acceptors (Lipinski definition) is 3. The van der Waals surface area contributed by atoms with Crippen molar-refractivity contribution in [2.24, 2.45) is 0 Å². The van der Waals surface area contributed by atoms with Crippen molar-refractivity contribution in [3.63, 3.8) is 0 Å². The van der Waals surface area contributed by atoms with Crippen LogP contribution < -0.4 is 0 Å². The lowest BCUT2D eigenvalue weighted by molar-refractivity contribution is 0.673. The first-order valence-corrected chi connectivity index (χ1v) is 19.0. The molecule has 258 valence electrons. The number of benzene rings is 8. The van der Waals surface area contributed by atoms with Crippen LogP contribution in [0, 0.1) is 0 Å². The van der Waals surface area contributed by atoms with Crippen molar-refractivity contribution in [1.29, 1.82) is 0 Å². The highest BCUT2D eigenvalue weighted by molar-refractivity contribution is 6.27. The highest BCUT2D eigenvalue weighted by Crippen LogP contribution is 2.45. The van der Waals surface area contributed by atoms with Crippen LogP contribution >= 0.6 is 0 Å². The van der Waals surface area contributed by atoms with E-state index in [4.69, 9.17) is 14.4 Å². The first kappa shape index (κ1) is 28.8. The number of para-hydroxylation sites is 6. The van der Waals surface area contributed by atoms with E-state index in [1.54, 1.807) is 0 Å². The molecule has 0 atom stereocenters. The molecular formula is C50H27N5O. The molecule has 8 aromatic carbocycles. The third kappa shape index (κ3) is 3.48. The molecular weight excluding hydrogens is 687 g/mol. The molecule has 0 spiro atoms. The van der Waals surface area contributed by atoms with Crippen molar-refractivity contribution in [3.05, 3.63) is 164 Å². The van der Waals surface area contributed by atoms with Crippen molar-refractivity contribution in [2.45, 2.75) is 0 Å². The number of rotatable bonds is 2. The van der Waals surface area contributed by atoms with E-state index in [9.17, 15) is 0 Å². The zero-order valence-corrected chi connectivity index (χ0v) is 29.7. The fourth-order valence-electron chi connectivity index (χ4n) is 9.82. The molecule has 0 aliphatic heterocycles. The van der Waals surface area contributed by atoms with Gasteiger partial charge in [0, 0.05) is 54.5 Å². The summed E-state index contributed by atoms with van der Waals surface area (Å²) in [5.41, 5.74) is 14.4. The number of furan rings is 1. The molecule has 0 saturated heterocycles. The maximum atomic E-state index is 6.72. The SMILES string of the molecule is c1ccc(-n2c3cc4c(cc3c3c5oc6ccccc6c5ccc32)c2ccccc2n4-c2cc3c4ccccc4n4c5nc6ccccc6nc5c(c2)c34)cc1. The van der Waals surface area contributed by atoms with E-state index >= 15 is 0 Å². The molecule has 0 saturated carbocycles. The molecule has 0 radical (unpaired) electrons. The van der Waals surface area contributed by atoms with Crippen LogP contribution in [0.15, 0.2) is 168 Å². The summed E-state index contributed by atoms with van der Waals surface area (Å²) < 4.78 is 13.9. The summed E-state index contributed by atoms with van der Waals surface area (Å²) >= 11 is 0. The summed E-state index contributed by atoms with van der Waals surface area (Å²) in [4.78, 5) is 10.5. The van der Waals surface area contributed by atoms with Gasteiger partial charge >= 0.3 is 0 Å². The van der Waals surface area contributed by atoms with E-state index in [-0.39, 0.29) is 0 Å². The molecule has 14 rings (SSSR count).